The van der Waals surface area contributed by atoms with Gasteiger partial charge in [-0.2, -0.15) is 0 Å². The maximum absolute atomic E-state index is 11.5. The number of nitrogens with two attached hydrogens (primary N) is 1. The molecule has 98 valence electrons. The van der Waals surface area contributed by atoms with E-state index < -0.39 is 9.84 Å². The molecule has 4 bridgehead atoms. The van der Waals surface area contributed by atoms with E-state index in [1.54, 1.807) is 0 Å². The lowest BCUT2D eigenvalue weighted by atomic mass is 9.48. The Morgan fingerprint density at radius 1 is 1.12 bits per heavy atom. The van der Waals surface area contributed by atoms with Gasteiger partial charge in [0.2, 0.25) is 0 Å². The molecule has 0 heterocycles. The van der Waals surface area contributed by atoms with Gasteiger partial charge in [0, 0.05) is 12.3 Å². The number of rotatable bonds is 3. The third-order valence-electron chi connectivity index (χ3n) is 5.35. The van der Waals surface area contributed by atoms with E-state index in [4.69, 9.17) is 5.73 Å². The SMILES string of the molecule is CS(=O)(=O)CC(N)C12CC3CC(CC(C3)C1)C2. The Bertz CT molecular complexity index is 380. The largest absolute Gasteiger partial charge is 0.326 e. The Balaban J connectivity index is 1.82. The third-order valence-corrected chi connectivity index (χ3v) is 6.32. The van der Waals surface area contributed by atoms with Crippen molar-refractivity contribution in [1.29, 1.82) is 0 Å². The highest BCUT2D eigenvalue weighted by Crippen LogP contribution is 2.61. The van der Waals surface area contributed by atoms with Crippen LogP contribution in [0.15, 0.2) is 0 Å². The molecule has 4 heteroatoms. The second-order valence-corrected chi connectivity index (χ2v) is 9.16. The summed E-state index contributed by atoms with van der Waals surface area (Å²) in [6.45, 7) is 0. The standard InChI is InChI=1S/C13H23NO2S/c1-17(15,16)8-12(14)13-5-9-2-10(6-13)4-11(3-9)7-13/h9-12H,2-8,14H2,1H3. The number of sulfone groups is 1. The van der Waals surface area contributed by atoms with Crippen LogP contribution in [0.1, 0.15) is 38.5 Å². The fourth-order valence-corrected chi connectivity index (χ4v) is 6.14. The molecule has 0 aromatic rings. The Morgan fingerprint density at radius 3 is 1.88 bits per heavy atom. The first-order chi connectivity index (χ1) is 7.86. The van der Waals surface area contributed by atoms with Gasteiger partial charge < -0.3 is 5.73 Å². The second-order valence-electron chi connectivity index (χ2n) is 6.98. The predicted octanol–water partition coefficient (Wildman–Crippen LogP) is 1.57. The van der Waals surface area contributed by atoms with Gasteiger partial charge >= 0.3 is 0 Å². The van der Waals surface area contributed by atoms with E-state index in [0.717, 1.165) is 17.8 Å². The normalized spacial score (nSPS) is 46.1. The molecule has 1 unspecified atom stereocenters. The van der Waals surface area contributed by atoms with Crippen LogP contribution in [0.4, 0.5) is 0 Å². The molecule has 17 heavy (non-hydrogen) atoms. The van der Waals surface area contributed by atoms with Crippen molar-refractivity contribution in [2.24, 2.45) is 28.9 Å². The van der Waals surface area contributed by atoms with Gasteiger partial charge in [0.1, 0.15) is 9.84 Å². The van der Waals surface area contributed by atoms with Gasteiger partial charge in [0.15, 0.2) is 0 Å². The molecule has 4 aliphatic carbocycles. The van der Waals surface area contributed by atoms with Gasteiger partial charge in [0.25, 0.3) is 0 Å². The Labute approximate surface area is 104 Å². The van der Waals surface area contributed by atoms with E-state index in [1.807, 2.05) is 0 Å². The van der Waals surface area contributed by atoms with Gasteiger partial charge in [-0.1, -0.05) is 0 Å². The first kappa shape index (κ1) is 12.0. The molecular formula is C13H23NO2S. The number of hydrogen-bond acceptors (Lipinski definition) is 3. The zero-order valence-electron chi connectivity index (χ0n) is 10.6. The van der Waals surface area contributed by atoms with Crippen LogP contribution in [0.5, 0.6) is 0 Å². The van der Waals surface area contributed by atoms with Crippen molar-refractivity contribution < 1.29 is 8.42 Å². The highest BCUT2D eigenvalue weighted by Gasteiger charge is 2.53. The van der Waals surface area contributed by atoms with E-state index in [1.165, 1.54) is 44.8 Å². The van der Waals surface area contributed by atoms with Crippen molar-refractivity contribution >= 4 is 9.84 Å². The summed E-state index contributed by atoms with van der Waals surface area (Å²) in [6, 6.07) is -0.133. The molecule has 2 N–H and O–H groups in total. The van der Waals surface area contributed by atoms with Crippen LogP contribution in [0.2, 0.25) is 0 Å². The van der Waals surface area contributed by atoms with E-state index in [9.17, 15) is 8.42 Å². The monoisotopic (exact) mass is 257 g/mol. The molecule has 4 aliphatic rings. The molecule has 3 nitrogen and oxygen atoms in total. The van der Waals surface area contributed by atoms with Gasteiger partial charge in [-0.25, -0.2) is 8.42 Å². The summed E-state index contributed by atoms with van der Waals surface area (Å²) in [5.74, 6) is 2.70. The minimum atomic E-state index is -2.94. The van der Waals surface area contributed by atoms with Crippen molar-refractivity contribution in [3.63, 3.8) is 0 Å². The zero-order valence-corrected chi connectivity index (χ0v) is 11.4. The summed E-state index contributed by atoms with van der Waals surface area (Å²) in [7, 11) is -2.94. The molecular weight excluding hydrogens is 234 g/mol. The van der Waals surface area contributed by atoms with E-state index in [-0.39, 0.29) is 17.2 Å². The molecule has 4 rings (SSSR count). The lowest BCUT2D eigenvalue weighted by Crippen LogP contribution is -2.56. The first-order valence-corrected chi connectivity index (χ1v) is 8.86. The van der Waals surface area contributed by atoms with Crippen molar-refractivity contribution in [3.05, 3.63) is 0 Å². The maximum atomic E-state index is 11.5. The lowest BCUT2D eigenvalue weighted by molar-refractivity contribution is -0.0631. The summed E-state index contributed by atoms with van der Waals surface area (Å²) in [6.07, 6.45) is 9.02. The minimum absolute atomic E-state index is 0.133. The topological polar surface area (TPSA) is 60.2 Å². The average molecular weight is 257 g/mol. The Kier molecular flexibility index (Phi) is 2.61. The predicted molar refractivity (Wildman–Crippen MR) is 68.3 cm³/mol. The summed E-state index contributed by atoms with van der Waals surface area (Å²) in [5.41, 5.74) is 6.44. The van der Waals surface area contributed by atoms with E-state index in [0.29, 0.717) is 0 Å². The van der Waals surface area contributed by atoms with Crippen LogP contribution in [-0.4, -0.2) is 26.5 Å². The molecule has 4 saturated carbocycles. The summed E-state index contributed by atoms with van der Waals surface area (Å²) < 4.78 is 22.9. The molecule has 4 fully saturated rings. The van der Waals surface area contributed by atoms with Crippen LogP contribution in [0.25, 0.3) is 0 Å². The molecule has 0 aromatic carbocycles. The molecule has 0 aliphatic heterocycles. The summed E-state index contributed by atoms with van der Waals surface area (Å²) in [5, 5.41) is 0. The first-order valence-electron chi connectivity index (χ1n) is 6.80. The smallest absolute Gasteiger partial charge is 0.148 e. The maximum Gasteiger partial charge on any atom is 0.148 e. The molecule has 0 radical (unpaired) electrons. The fraction of sp³-hybridized carbons (Fsp3) is 1.00. The zero-order chi connectivity index (χ0) is 12.3. The minimum Gasteiger partial charge on any atom is -0.326 e. The van der Waals surface area contributed by atoms with Crippen LogP contribution in [-0.2, 0) is 9.84 Å². The fourth-order valence-electron chi connectivity index (χ4n) is 5.13. The van der Waals surface area contributed by atoms with Crippen molar-refractivity contribution in [2.75, 3.05) is 12.0 Å². The summed E-state index contributed by atoms with van der Waals surface area (Å²) in [4.78, 5) is 0. The highest BCUT2D eigenvalue weighted by atomic mass is 32.2. The highest BCUT2D eigenvalue weighted by molar-refractivity contribution is 7.90. The van der Waals surface area contributed by atoms with Crippen LogP contribution in [0, 0.1) is 23.2 Å². The molecule has 0 spiro atoms. The summed E-state index contributed by atoms with van der Waals surface area (Å²) >= 11 is 0. The second kappa shape index (κ2) is 3.70. The van der Waals surface area contributed by atoms with Gasteiger partial charge in [0.05, 0.1) is 5.75 Å². The van der Waals surface area contributed by atoms with Crippen molar-refractivity contribution in [2.45, 2.75) is 44.6 Å². The molecule has 0 aromatic heterocycles. The molecule has 1 atom stereocenters. The third kappa shape index (κ3) is 2.14. The van der Waals surface area contributed by atoms with E-state index >= 15 is 0 Å². The van der Waals surface area contributed by atoms with Crippen molar-refractivity contribution in [1.82, 2.24) is 0 Å². The van der Waals surface area contributed by atoms with Crippen LogP contribution in [0.3, 0.4) is 0 Å². The average Bonchev–Trinajstić information content (AvgIpc) is 2.12. The van der Waals surface area contributed by atoms with Crippen molar-refractivity contribution in [3.8, 4) is 0 Å². The van der Waals surface area contributed by atoms with Crippen LogP contribution >= 0.6 is 0 Å². The Hall–Kier alpha value is -0.0900. The quantitative estimate of drug-likeness (QED) is 0.835. The van der Waals surface area contributed by atoms with Gasteiger partial charge in [-0.3, -0.25) is 0 Å². The lowest BCUT2D eigenvalue weighted by Gasteiger charge is -2.58. The number of hydrogen-bond donors (Lipinski definition) is 1. The van der Waals surface area contributed by atoms with Gasteiger partial charge in [-0.15, -0.1) is 0 Å². The molecule has 0 amide bonds. The Morgan fingerprint density at radius 2 is 1.53 bits per heavy atom. The molecule has 0 saturated heterocycles. The van der Waals surface area contributed by atoms with Gasteiger partial charge in [-0.05, 0) is 61.7 Å². The van der Waals surface area contributed by atoms with E-state index in [2.05, 4.69) is 0 Å². The van der Waals surface area contributed by atoms with Crippen LogP contribution < -0.4 is 5.73 Å².